The fourth-order valence-corrected chi connectivity index (χ4v) is 9.35. The molecule has 0 spiro atoms. The summed E-state index contributed by atoms with van der Waals surface area (Å²) in [6, 6.07) is 0. The Labute approximate surface area is 211 Å². The van der Waals surface area contributed by atoms with E-state index in [1.54, 1.807) is 36.1 Å². The molecule has 1 heterocycles. The first kappa shape index (κ1) is 25.0. The number of rotatable bonds is 6. The summed E-state index contributed by atoms with van der Waals surface area (Å²) in [6.45, 7) is 6.24. The molecule has 0 N–H and O–H groups in total. The molecule has 4 fully saturated rings. The molecule has 5 rings (SSSR count). The third-order valence-corrected chi connectivity index (χ3v) is 11.2. The molecule has 6 heteroatoms. The maximum absolute atomic E-state index is 13.6. The molecule has 1 aromatic heterocycles. The second kappa shape index (κ2) is 9.32. The molecule has 0 aromatic carbocycles. The molecular weight excluding hydrogens is 438 g/mol. The average Bonchev–Trinajstić information content (AvgIpc) is 3.42. The first-order valence-electron chi connectivity index (χ1n) is 13.9. The predicted octanol–water partition coefficient (Wildman–Crippen LogP) is 5.08. The topological polar surface area (TPSA) is 64.4 Å². The van der Waals surface area contributed by atoms with Crippen molar-refractivity contribution in [2.75, 3.05) is 27.8 Å². The number of amides is 1. The molecule has 4 aliphatic rings. The van der Waals surface area contributed by atoms with Crippen molar-refractivity contribution in [3.8, 4) is 0 Å². The zero-order valence-electron chi connectivity index (χ0n) is 22.5. The van der Waals surface area contributed by atoms with Crippen LogP contribution in [0.3, 0.4) is 0 Å². The molecule has 6 nitrogen and oxygen atoms in total. The lowest BCUT2D eigenvalue weighted by Gasteiger charge is -2.61. The van der Waals surface area contributed by atoms with Crippen molar-refractivity contribution < 1.29 is 14.3 Å². The van der Waals surface area contributed by atoms with Crippen molar-refractivity contribution in [2.24, 2.45) is 46.3 Å². The highest BCUT2D eigenvalue weighted by Gasteiger charge is 2.61. The van der Waals surface area contributed by atoms with Gasteiger partial charge in [-0.25, -0.2) is 0 Å². The molecule has 1 amide bonds. The normalized spacial score (nSPS) is 40.5. The van der Waals surface area contributed by atoms with Gasteiger partial charge in [0.05, 0.1) is 18.3 Å². The van der Waals surface area contributed by atoms with E-state index in [0.29, 0.717) is 22.7 Å². The molecule has 4 saturated carbocycles. The number of carbonyl (C=O) groups is 2. The first-order valence-corrected chi connectivity index (χ1v) is 13.9. The number of ketones is 1. The average molecular weight is 484 g/mol. The minimum atomic E-state index is -0.0738. The molecule has 8 unspecified atom stereocenters. The van der Waals surface area contributed by atoms with E-state index in [1.165, 1.54) is 51.4 Å². The monoisotopic (exact) mass is 483 g/mol. The largest absolute Gasteiger partial charge is 0.384 e. The molecule has 194 valence electrons. The number of fused-ring (bicyclic) bond motifs is 5. The Morgan fingerprint density at radius 3 is 2.54 bits per heavy atom. The predicted molar refractivity (Wildman–Crippen MR) is 136 cm³/mol. The van der Waals surface area contributed by atoms with Crippen molar-refractivity contribution in [3.63, 3.8) is 0 Å². The molecule has 1 aromatic rings. The van der Waals surface area contributed by atoms with Gasteiger partial charge in [0.15, 0.2) is 5.78 Å². The number of methoxy groups -OCH3 is 1. The van der Waals surface area contributed by atoms with Gasteiger partial charge >= 0.3 is 0 Å². The zero-order chi connectivity index (χ0) is 25.0. The minimum Gasteiger partial charge on any atom is -0.384 e. The van der Waals surface area contributed by atoms with Gasteiger partial charge in [-0.1, -0.05) is 13.8 Å². The number of ether oxygens (including phenoxy) is 1. The summed E-state index contributed by atoms with van der Waals surface area (Å²) < 4.78 is 7.19. The zero-order valence-corrected chi connectivity index (χ0v) is 22.5. The Morgan fingerprint density at radius 2 is 1.80 bits per heavy atom. The van der Waals surface area contributed by atoms with Crippen LogP contribution in [0.5, 0.6) is 0 Å². The number of aromatic nitrogens is 2. The van der Waals surface area contributed by atoms with Crippen LogP contribution in [-0.4, -0.2) is 54.2 Å². The molecule has 8 atom stereocenters. The second-order valence-electron chi connectivity index (χ2n) is 13.0. The van der Waals surface area contributed by atoms with Gasteiger partial charge in [0.25, 0.3) is 5.91 Å². The van der Waals surface area contributed by atoms with Crippen LogP contribution in [-0.2, 0) is 16.1 Å². The highest BCUT2D eigenvalue weighted by molar-refractivity contribution is 5.93. The SMILES string of the molecule is COCC1CCC2(C)C(CCC3C2CCC2(C)C(C(=O)Cn4cc(C(=O)N(C)C)cn4)CCC32)C1. The summed E-state index contributed by atoms with van der Waals surface area (Å²) in [6.07, 6.45) is 14.7. The minimum absolute atomic E-state index is 0.0738. The number of hydrogen-bond donors (Lipinski definition) is 0. The highest BCUT2D eigenvalue weighted by Crippen LogP contribution is 2.67. The van der Waals surface area contributed by atoms with Gasteiger partial charge in [-0.15, -0.1) is 0 Å². The van der Waals surface area contributed by atoms with Crippen LogP contribution in [0.4, 0.5) is 0 Å². The van der Waals surface area contributed by atoms with Crippen LogP contribution in [0.2, 0.25) is 0 Å². The third kappa shape index (κ3) is 4.18. The van der Waals surface area contributed by atoms with Crippen molar-refractivity contribution in [2.45, 2.75) is 78.2 Å². The molecule has 0 aliphatic heterocycles. The standard InChI is InChI=1S/C29H45N3O3/c1-28-12-10-19(18-35-5)14-21(28)6-7-22-23-8-9-25(29(23,2)13-11-24(22)28)26(33)17-32-16-20(15-30-32)27(34)31(3)4/h15-16,19,21-25H,6-14,17-18H2,1-5H3. The molecule has 0 saturated heterocycles. The summed E-state index contributed by atoms with van der Waals surface area (Å²) in [4.78, 5) is 27.3. The molecule has 4 aliphatic carbocycles. The van der Waals surface area contributed by atoms with Crippen LogP contribution in [0.1, 0.15) is 82.0 Å². The summed E-state index contributed by atoms with van der Waals surface area (Å²) in [5.41, 5.74) is 1.13. The first-order chi connectivity index (χ1) is 16.7. The molecule has 0 bridgehead atoms. The van der Waals surface area contributed by atoms with Crippen molar-refractivity contribution in [1.82, 2.24) is 14.7 Å². The highest BCUT2D eigenvalue weighted by atomic mass is 16.5. The Kier molecular flexibility index (Phi) is 6.65. The van der Waals surface area contributed by atoms with Gasteiger partial charge in [-0.2, -0.15) is 5.10 Å². The van der Waals surface area contributed by atoms with E-state index in [2.05, 4.69) is 18.9 Å². The maximum Gasteiger partial charge on any atom is 0.256 e. The van der Waals surface area contributed by atoms with Crippen LogP contribution >= 0.6 is 0 Å². The fraction of sp³-hybridized carbons (Fsp3) is 0.828. The number of hydrogen-bond acceptors (Lipinski definition) is 4. The Hall–Kier alpha value is -1.69. The lowest BCUT2D eigenvalue weighted by Crippen LogP contribution is -2.54. The van der Waals surface area contributed by atoms with Gasteiger partial charge in [0.1, 0.15) is 0 Å². The van der Waals surface area contributed by atoms with Gasteiger partial charge in [-0.3, -0.25) is 14.3 Å². The van der Waals surface area contributed by atoms with E-state index in [-0.39, 0.29) is 23.8 Å². The third-order valence-electron chi connectivity index (χ3n) is 11.2. The van der Waals surface area contributed by atoms with Crippen molar-refractivity contribution in [3.05, 3.63) is 18.0 Å². The van der Waals surface area contributed by atoms with E-state index >= 15 is 0 Å². The number of nitrogens with zero attached hydrogens (tertiary/aromatic N) is 3. The van der Waals surface area contributed by atoms with Crippen molar-refractivity contribution >= 4 is 11.7 Å². The van der Waals surface area contributed by atoms with Gasteiger partial charge in [0.2, 0.25) is 0 Å². The number of Topliss-reactive ketones (excluding diaryl/α,β-unsaturated/α-hetero) is 1. The lowest BCUT2D eigenvalue weighted by molar-refractivity contribution is -0.138. The van der Waals surface area contributed by atoms with E-state index in [9.17, 15) is 9.59 Å². The second-order valence-corrected chi connectivity index (χ2v) is 13.0. The van der Waals surface area contributed by atoms with E-state index in [4.69, 9.17) is 4.74 Å². The Morgan fingerprint density at radius 1 is 1.06 bits per heavy atom. The van der Waals surface area contributed by atoms with Gasteiger partial charge < -0.3 is 9.64 Å². The van der Waals surface area contributed by atoms with Gasteiger partial charge in [0, 0.05) is 39.9 Å². The Balaban J connectivity index is 1.28. The van der Waals surface area contributed by atoms with E-state index in [1.807, 2.05) is 7.11 Å². The lowest BCUT2D eigenvalue weighted by atomic mass is 9.44. The van der Waals surface area contributed by atoms with Crippen LogP contribution in [0.25, 0.3) is 0 Å². The van der Waals surface area contributed by atoms with Crippen LogP contribution < -0.4 is 0 Å². The van der Waals surface area contributed by atoms with Crippen LogP contribution in [0, 0.1) is 46.3 Å². The van der Waals surface area contributed by atoms with E-state index < -0.39 is 0 Å². The van der Waals surface area contributed by atoms with Crippen molar-refractivity contribution in [1.29, 1.82) is 0 Å². The molecular formula is C29H45N3O3. The summed E-state index contributed by atoms with van der Waals surface area (Å²) >= 11 is 0. The van der Waals surface area contributed by atoms with E-state index in [0.717, 1.165) is 36.7 Å². The summed E-state index contributed by atoms with van der Waals surface area (Å²) in [5, 5.41) is 4.34. The van der Waals surface area contributed by atoms with Crippen LogP contribution in [0.15, 0.2) is 12.4 Å². The summed E-state index contributed by atoms with van der Waals surface area (Å²) in [5.74, 6) is 4.22. The Bertz CT molecular complexity index is 957. The quantitative estimate of drug-likeness (QED) is 0.566. The van der Waals surface area contributed by atoms with Gasteiger partial charge in [-0.05, 0) is 98.2 Å². The maximum atomic E-state index is 13.6. The summed E-state index contributed by atoms with van der Waals surface area (Å²) in [7, 11) is 5.32. The smallest absolute Gasteiger partial charge is 0.256 e. The molecule has 35 heavy (non-hydrogen) atoms. The number of carbonyl (C=O) groups excluding carboxylic acids is 2. The fourth-order valence-electron chi connectivity index (χ4n) is 9.35. The molecule has 0 radical (unpaired) electrons.